The summed E-state index contributed by atoms with van der Waals surface area (Å²) in [5.41, 5.74) is 0.589. The molecular formula is C15H22ClN3O4S. The fourth-order valence-corrected chi connectivity index (χ4v) is 4.15. The van der Waals surface area contributed by atoms with Gasteiger partial charge in [0.05, 0.1) is 40.6 Å². The molecule has 1 atom stereocenters. The molecule has 1 fully saturated rings. The van der Waals surface area contributed by atoms with E-state index >= 15 is 0 Å². The lowest BCUT2D eigenvalue weighted by molar-refractivity contribution is 0.109. The average molecular weight is 376 g/mol. The molecule has 1 aromatic carbocycles. The number of methoxy groups -OCH3 is 2. The van der Waals surface area contributed by atoms with Crippen LogP contribution in [0.2, 0.25) is 0 Å². The third kappa shape index (κ3) is 3.45. The maximum Gasteiger partial charge on any atom is 0.234 e. The zero-order valence-corrected chi connectivity index (χ0v) is 15.5. The van der Waals surface area contributed by atoms with Gasteiger partial charge < -0.3 is 19.5 Å². The van der Waals surface area contributed by atoms with Crippen LogP contribution in [0.5, 0.6) is 11.5 Å². The van der Waals surface area contributed by atoms with E-state index in [1.807, 2.05) is 4.90 Å². The van der Waals surface area contributed by atoms with Gasteiger partial charge in [0.15, 0.2) is 11.5 Å². The highest BCUT2D eigenvalue weighted by molar-refractivity contribution is 7.93. The highest BCUT2D eigenvalue weighted by Gasteiger charge is 2.27. The summed E-state index contributed by atoms with van der Waals surface area (Å²) in [7, 11) is 0.483. The van der Waals surface area contributed by atoms with Crippen LogP contribution in [-0.4, -0.2) is 59.8 Å². The SMILES string of the molecule is COc1cc2c(cc1OC)S(C)(=O)=NC(N1CCC(O)CC1)=N2.Cl. The van der Waals surface area contributed by atoms with Crippen LogP contribution >= 0.6 is 12.4 Å². The number of ether oxygens (including phenoxy) is 2. The molecule has 2 heterocycles. The number of guanidine groups is 1. The van der Waals surface area contributed by atoms with Crippen molar-refractivity contribution in [1.82, 2.24) is 4.90 Å². The molecule has 0 aromatic heterocycles. The molecule has 2 aliphatic rings. The first-order valence-corrected chi connectivity index (χ1v) is 9.37. The molecular weight excluding hydrogens is 354 g/mol. The van der Waals surface area contributed by atoms with Crippen molar-refractivity contribution in [3.63, 3.8) is 0 Å². The van der Waals surface area contributed by atoms with Crippen LogP contribution in [0.4, 0.5) is 5.69 Å². The number of aliphatic hydroxyl groups is 1. The minimum absolute atomic E-state index is 0. The Morgan fingerprint density at radius 3 is 2.38 bits per heavy atom. The van der Waals surface area contributed by atoms with Gasteiger partial charge in [-0.1, -0.05) is 0 Å². The van der Waals surface area contributed by atoms with Crippen molar-refractivity contribution in [1.29, 1.82) is 0 Å². The summed E-state index contributed by atoms with van der Waals surface area (Å²) >= 11 is 0. The molecule has 1 unspecified atom stereocenters. The number of hydrogen-bond acceptors (Lipinski definition) is 7. The molecule has 0 spiro atoms. The Hall–Kier alpha value is -1.51. The van der Waals surface area contributed by atoms with Crippen molar-refractivity contribution in [3.8, 4) is 11.5 Å². The molecule has 0 radical (unpaired) electrons. The second kappa shape index (κ2) is 7.16. The zero-order valence-electron chi connectivity index (χ0n) is 13.9. The fraction of sp³-hybridized carbons (Fsp3) is 0.533. The van der Waals surface area contributed by atoms with Crippen LogP contribution in [0.3, 0.4) is 0 Å². The van der Waals surface area contributed by atoms with Crippen molar-refractivity contribution in [2.24, 2.45) is 9.36 Å². The first-order valence-electron chi connectivity index (χ1n) is 7.44. The summed E-state index contributed by atoms with van der Waals surface area (Å²) in [5, 5.41) is 9.63. The van der Waals surface area contributed by atoms with Gasteiger partial charge in [0.2, 0.25) is 5.96 Å². The summed E-state index contributed by atoms with van der Waals surface area (Å²) in [4.78, 5) is 7.07. The Bertz CT molecular complexity index is 766. The smallest absolute Gasteiger partial charge is 0.234 e. The quantitative estimate of drug-likeness (QED) is 0.855. The van der Waals surface area contributed by atoms with Crippen molar-refractivity contribution in [2.75, 3.05) is 33.6 Å². The molecule has 9 heteroatoms. The number of likely N-dealkylation sites (tertiary alicyclic amines) is 1. The molecule has 0 amide bonds. The first kappa shape index (κ1) is 18.8. The molecule has 0 saturated carbocycles. The number of piperidine rings is 1. The van der Waals surface area contributed by atoms with Gasteiger partial charge in [-0.3, -0.25) is 0 Å². The topological polar surface area (TPSA) is 83.7 Å². The largest absolute Gasteiger partial charge is 0.493 e. The van der Waals surface area contributed by atoms with Crippen LogP contribution in [0, 0.1) is 0 Å². The van der Waals surface area contributed by atoms with Gasteiger partial charge in [-0.25, -0.2) is 9.20 Å². The van der Waals surface area contributed by atoms with E-state index < -0.39 is 9.73 Å². The Morgan fingerprint density at radius 1 is 1.21 bits per heavy atom. The van der Waals surface area contributed by atoms with Crippen molar-refractivity contribution in [3.05, 3.63) is 12.1 Å². The summed E-state index contributed by atoms with van der Waals surface area (Å²) < 4.78 is 27.9. The lowest BCUT2D eigenvalue weighted by Crippen LogP contribution is -2.40. The zero-order chi connectivity index (χ0) is 16.6. The van der Waals surface area contributed by atoms with Crippen LogP contribution < -0.4 is 9.47 Å². The van der Waals surface area contributed by atoms with Gasteiger partial charge >= 0.3 is 0 Å². The molecule has 24 heavy (non-hydrogen) atoms. The number of halogens is 1. The fourth-order valence-electron chi connectivity index (χ4n) is 2.77. The monoisotopic (exact) mass is 375 g/mol. The second-order valence-corrected chi connectivity index (χ2v) is 7.93. The second-order valence-electron chi connectivity index (χ2n) is 5.70. The predicted octanol–water partition coefficient (Wildman–Crippen LogP) is 2.04. The molecule has 0 aliphatic carbocycles. The molecule has 7 nitrogen and oxygen atoms in total. The summed E-state index contributed by atoms with van der Waals surface area (Å²) in [6.45, 7) is 1.31. The number of hydrogen-bond donors (Lipinski definition) is 1. The summed E-state index contributed by atoms with van der Waals surface area (Å²) in [5.74, 6) is 1.51. The number of aliphatic hydroxyl groups excluding tert-OH is 1. The van der Waals surface area contributed by atoms with E-state index in [1.165, 1.54) is 7.11 Å². The van der Waals surface area contributed by atoms with Crippen molar-refractivity contribution < 1.29 is 18.8 Å². The van der Waals surface area contributed by atoms with Gasteiger partial charge in [-0.15, -0.1) is 12.4 Å². The highest BCUT2D eigenvalue weighted by atomic mass is 35.5. The molecule has 134 valence electrons. The lowest BCUT2D eigenvalue weighted by atomic mass is 10.1. The van der Waals surface area contributed by atoms with E-state index in [9.17, 15) is 9.32 Å². The van der Waals surface area contributed by atoms with Gasteiger partial charge in [0, 0.05) is 31.5 Å². The molecule has 1 N–H and O–H groups in total. The predicted molar refractivity (Wildman–Crippen MR) is 95.5 cm³/mol. The Balaban J connectivity index is 0.00000208. The summed E-state index contributed by atoms with van der Waals surface area (Å²) in [6.07, 6.45) is 2.65. The van der Waals surface area contributed by atoms with Crippen molar-refractivity contribution in [2.45, 2.75) is 23.8 Å². The van der Waals surface area contributed by atoms with Crippen LogP contribution in [-0.2, 0) is 9.73 Å². The average Bonchev–Trinajstić information content (AvgIpc) is 2.53. The van der Waals surface area contributed by atoms with E-state index in [0.717, 1.165) is 0 Å². The van der Waals surface area contributed by atoms with E-state index in [1.54, 1.807) is 25.5 Å². The minimum atomic E-state index is -2.61. The van der Waals surface area contributed by atoms with Crippen LogP contribution in [0.1, 0.15) is 12.8 Å². The summed E-state index contributed by atoms with van der Waals surface area (Å²) in [6, 6.07) is 3.41. The van der Waals surface area contributed by atoms with Crippen LogP contribution in [0.25, 0.3) is 0 Å². The number of nitrogens with zero attached hydrogens (tertiary/aromatic N) is 3. The molecule has 1 aromatic rings. The van der Waals surface area contributed by atoms with Gasteiger partial charge in [0.1, 0.15) is 0 Å². The number of benzene rings is 1. The minimum Gasteiger partial charge on any atom is -0.493 e. The molecule has 3 rings (SSSR count). The Labute approximate surface area is 148 Å². The lowest BCUT2D eigenvalue weighted by Gasteiger charge is -2.31. The Morgan fingerprint density at radius 2 is 1.79 bits per heavy atom. The standard InChI is InChI=1S/C15H21N3O4S.ClH/c1-21-12-8-11-14(9-13(12)22-2)23(3,20)17-15(16-11)18-6-4-10(19)5-7-18;/h8-10,19H,4-7H2,1-3H3;1H. The first-order chi connectivity index (χ1) is 10.9. The van der Waals surface area contributed by atoms with Crippen LogP contribution in [0.15, 0.2) is 26.4 Å². The Kier molecular flexibility index (Phi) is 5.62. The third-order valence-corrected chi connectivity index (χ3v) is 5.75. The molecule has 2 aliphatic heterocycles. The van der Waals surface area contributed by atoms with Gasteiger partial charge in [-0.2, -0.15) is 4.36 Å². The molecule has 1 saturated heterocycles. The number of rotatable bonds is 2. The van der Waals surface area contributed by atoms with Crippen molar-refractivity contribution >= 4 is 33.8 Å². The van der Waals surface area contributed by atoms with Gasteiger partial charge in [-0.05, 0) is 12.8 Å². The van der Waals surface area contributed by atoms with E-state index in [-0.39, 0.29) is 18.5 Å². The number of fused-ring (bicyclic) bond motifs is 1. The maximum atomic E-state index is 13.0. The third-order valence-electron chi connectivity index (χ3n) is 4.10. The van der Waals surface area contributed by atoms with Gasteiger partial charge in [0.25, 0.3) is 0 Å². The van der Waals surface area contributed by atoms with E-state index in [4.69, 9.17) is 9.47 Å². The van der Waals surface area contributed by atoms with E-state index in [2.05, 4.69) is 9.36 Å². The highest BCUT2D eigenvalue weighted by Crippen LogP contribution is 2.39. The normalized spacial score (nSPS) is 23.5. The van der Waals surface area contributed by atoms with E-state index in [0.29, 0.717) is 54.0 Å². The molecule has 0 bridgehead atoms. The number of aliphatic imine (C=N–C) groups is 1. The maximum absolute atomic E-state index is 13.0.